The molecule has 12 nitrogen and oxygen atoms in total. The maximum atomic E-state index is 14.4. The summed E-state index contributed by atoms with van der Waals surface area (Å²) in [4.78, 5) is 46.8. The van der Waals surface area contributed by atoms with E-state index in [0.717, 1.165) is 6.08 Å². The molecule has 2 heterocycles. The number of benzene rings is 3. The number of fused-ring (bicyclic) bond motifs is 1. The third-order valence-corrected chi connectivity index (χ3v) is 9.69. The number of para-hydroxylation sites is 1. The van der Waals surface area contributed by atoms with Gasteiger partial charge in [-0.15, -0.1) is 0 Å². The van der Waals surface area contributed by atoms with Crippen molar-refractivity contribution in [2.75, 3.05) is 24.9 Å². The van der Waals surface area contributed by atoms with Crippen LogP contribution in [-0.4, -0.2) is 48.3 Å². The maximum Gasteiger partial charge on any atom is 0.274 e. The third kappa shape index (κ3) is 6.90. The second kappa shape index (κ2) is 14.3. The van der Waals surface area contributed by atoms with Crippen LogP contribution in [0.25, 0.3) is 22.2 Å². The van der Waals surface area contributed by atoms with Crippen LogP contribution in [0.1, 0.15) is 5.56 Å². The number of amides is 1. The first kappa shape index (κ1) is 34.8. The lowest BCUT2D eigenvalue weighted by Gasteiger charge is -2.17. The Bertz CT molecular complexity index is 2300. The normalized spacial score (nSPS) is 11.1. The second-order valence-corrected chi connectivity index (χ2v) is 12.8. The molecule has 2 aromatic heterocycles. The van der Waals surface area contributed by atoms with Crippen molar-refractivity contribution < 1.29 is 27.5 Å². The Kier molecular flexibility index (Phi) is 10.2. The van der Waals surface area contributed by atoms with Gasteiger partial charge in [-0.3, -0.25) is 14.4 Å². The highest BCUT2D eigenvalue weighted by Crippen LogP contribution is 2.45. The summed E-state index contributed by atoms with van der Waals surface area (Å²) >= 11 is 13.3. The van der Waals surface area contributed by atoms with Crippen LogP contribution in [0.5, 0.6) is 11.5 Å². The summed E-state index contributed by atoms with van der Waals surface area (Å²) in [5.74, 6) is -0.548. The smallest absolute Gasteiger partial charge is 0.274 e. The van der Waals surface area contributed by atoms with Crippen LogP contribution in [0.2, 0.25) is 10.0 Å². The van der Waals surface area contributed by atoms with Crippen molar-refractivity contribution >= 4 is 73.3 Å². The SMILES string of the molecule is C=CC(=O)Cc1ccccc1Nc1ncc2cc(-c3c(Cl)c(OC)cc(OC)c3Cl)c(=O)n(S(=O)(=O)c3ccc(NC(=O)C=C)cc3)c2n1. The van der Waals surface area contributed by atoms with Gasteiger partial charge in [0.1, 0.15) is 11.5 Å². The summed E-state index contributed by atoms with van der Waals surface area (Å²) in [7, 11) is -1.99. The fraction of sp³-hybridized carbons (Fsp3) is 0.0882. The van der Waals surface area contributed by atoms with Gasteiger partial charge in [0.2, 0.25) is 11.9 Å². The number of carbonyl (C=O) groups is 2. The Balaban J connectivity index is 1.77. The van der Waals surface area contributed by atoms with Crippen molar-refractivity contribution in [1.82, 2.24) is 13.9 Å². The van der Waals surface area contributed by atoms with E-state index in [1.165, 1.54) is 62.9 Å². The predicted molar refractivity (Wildman–Crippen MR) is 189 cm³/mol. The average molecular weight is 721 g/mol. The molecule has 0 radical (unpaired) electrons. The molecule has 49 heavy (non-hydrogen) atoms. The van der Waals surface area contributed by atoms with Gasteiger partial charge in [-0.1, -0.05) is 54.6 Å². The van der Waals surface area contributed by atoms with E-state index in [0.29, 0.717) is 20.9 Å². The number of hydrogen-bond donors (Lipinski definition) is 2. The summed E-state index contributed by atoms with van der Waals surface area (Å²) in [5, 5.41) is 5.54. The molecule has 2 N–H and O–H groups in total. The van der Waals surface area contributed by atoms with E-state index in [9.17, 15) is 22.8 Å². The highest BCUT2D eigenvalue weighted by Gasteiger charge is 2.28. The molecule has 3 aromatic carbocycles. The number of halogens is 2. The number of methoxy groups -OCH3 is 2. The van der Waals surface area contributed by atoms with E-state index in [2.05, 4.69) is 33.8 Å². The molecule has 0 fully saturated rings. The summed E-state index contributed by atoms with van der Waals surface area (Å²) < 4.78 is 40.0. The van der Waals surface area contributed by atoms with Crippen LogP contribution in [0.4, 0.5) is 17.3 Å². The van der Waals surface area contributed by atoms with Crippen LogP contribution in [0, 0.1) is 0 Å². The van der Waals surface area contributed by atoms with Crippen LogP contribution in [-0.2, 0) is 26.0 Å². The first-order chi connectivity index (χ1) is 23.4. The Hall–Kier alpha value is -5.50. The summed E-state index contributed by atoms with van der Waals surface area (Å²) in [6.45, 7) is 6.91. The summed E-state index contributed by atoms with van der Waals surface area (Å²) in [6, 6.07) is 14.9. The molecule has 0 aliphatic heterocycles. The zero-order valence-electron chi connectivity index (χ0n) is 26.0. The zero-order valence-corrected chi connectivity index (χ0v) is 28.3. The fourth-order valence-corrected chi connectivity index (χ4v) is 6.93. The van der Waals surface area contributed by atoms with Crippen molar-refractivity contribution in [1.29, 1.82) is 0 Å². The number of ketones is 1. The van der Waals surface area contributed by atoms with Crippen LogP contribution in [0.15, 0.2) is 102 Å². The van der Waals surface area contributed by atoms with Crippen LogP contribution < -0.4 is 25.7 Å². The van der Waals surface area contributed by atoms with Gasteiger partial charge in [-0.05, 0) is 54.1 Å². The number of nitrogens with one attached hydrogen (secondary N) is 2. The molecule has 0 saturated heterocycles. The van der Waals surface area contributed by atoms with Gasteiger partial charge in [-0.2, -0.15) is 8.96 Å². The van der Waals surface area contributed by atoms with E-state index in [4.69, 9.17) is 32.7 Å². The van der Waals surface area contributed by atoms with Gasteiger partial charge in [0.15, 0.2) is 11.4 Å². The molecule has 5 rings (SSSR count). The standard InChI is InChI=1S/C34H27Cl2N5O7S/c1-5-22(42)15-19-9-7-8-10-25(19)39-34-37-18-20-16-24(29-30(35)26(47-3)17-27(48-4)31(29)36)33(44)41(32(20)40-34)49(45,46)23-13-11-21(12-14-23)38-28(43)6-2/h5-14,16-18H,1-2,15H2,3-4H3,(H,38,43)(H,37,39,40). The van der Waals surface area contributed by atoms with Gasteiger partial charge in [0.05, 0.1) is 34.7 Å². The van der Waals surface area contributed by atoms with Gasteiger partial charge in [-0.25, -0.2) is 13.4 Å². The summed E-state index contributed by atoms with van der Waals surface area (Å²) in [6.07, 6.45) is 3.63. The van der Waals surface area contributed by atoms with Crippen molar-refractivity contribution in [3.8, 4) is 22.6 Å². The van der Waals surface area contributed by atoms with Crippen molar-refractivity contribution in [2.45, 2.75) is 11.3 Å². The van der Waals surface area contributed by atoms with E-state index < -0.39 is 21.5 Å². The summed E-state index contributed by atoms with van der Waals surface area (Å²) in [5.41, 5.74) is -0.203. The lowest BCUT2D eigenvalue weighted by molar-refractivity contribution is -0.114. The lowest BCUT2D eigenvalue weighted by Crippen LogP contribution is -2.30. The Morgan fingerprint density at radius 1 is 0.959 bits per heavy atom. The number of carbonyl (C=O) groups excluding carboxylic acids is 2. The molecule has 250 valence electrons. The molecule has 0 atom stereocenters. The molecule has 15 heteroatoms. The number of aromatic nitrogens is 3. The molecular formula is C34H27Cl2N5O7S. The minimum Gasteiger partial charge on any atom is -0.495 e. The minimum absolute atomic E-state index is 0.0392. The van der Waals surface area contributed by atoms with Gasteiger partial charge in [0.25, 0.3) is 15.6 Å². The Morgan fingerprint density at radius 2 is 1.61 bits per heavy atom. The van der Waals surface area contributed by atoms with Crippen LogP contribution in [0.3, 0.4) is 0 Å². The molecule has 0 spiro atoms. The molecule has 0 bridgehead atoms. The maximum absolute atomic E-state index is 14.4. The van der Waals surface area contributed by atoms with E-state index in [-0.39, 0.29) is 66.8 Å². The number of pyridine rings is 1. The van der Waals surface area contributed by atoms with Crippen molar-refractivity contribution in [3.05, 3.63) is 118 Å². The van der Waals surface area contributed by atoms with E-state index in [1.807, 2.05) is 0 Å². The van der Waals surface area contributed by atoms with E-state index >= 15 is 0 Å². The van der Waals surface area contributed by atoms with E-state index in [1.54, 1.807) is 24.3 Å². The molecule has 0 saturated carbocycles. The van der Waals surface area contributed by atoms with Gasteiger partial charge < -0.3 is 20.1 Å². The van der Waals surface area contributed by atoms with Crippen LogP contribution >= 0.6 is 23.2 Å². The monoisotopic (exact) mass is 719 g/mol. The number of hydrogen-bond acceptors (Lipinski definition) is 10. The first-order valence-electron chi connectivity index (χ1n) is 14.3. The molecule has 1 amide bonds. The van der Waals surface area contributed by atoms with Crippen molar-refractivity contribution in [3.63, 3.8) is 0 Å². The Labute approximate surface area is 290 Å². The first-order valence-corrected chi connectivity index (χ1v) is 16.5. The van der Waals surface area contributed by atoms with Crippen molar-refractivity contribution in [2.24, 2.45) is 0 Å². The number of anilines is 3. The third-order valence-electron chi connectivity index (χ3n) is 7.25. The molecule has 0 aliphatic rings. The molecule has 5 aromatic rings. The second-order valence-electron chi connectivity index (χ2n) is 10.2. The van der Waals surface area contributed by atoms with Gasteiger partial charge >= 0.3 is 0 Å². The zero-order chi connectivity index (χ0) is 35.5. The number of allylic oxidation sites excluding steroid dienone is 1. The molecule has 0 aliphatic carbocycles. The minimum atomic E-state index is -4.70. The average Bonchev–Trinajstić information content (AvgIpc) is 3.09. The topological polar surface area (TPSA) is 159 Å². The highest BCUT2D eigenvalue weighted by molar-refractivity contribution is 7.90. The Morgan fingerprint density at radius 3 is 2.22 bits per heavy atom. The quantitative estimate of drug-likeness (QED) is 0.143. The number of rotatable bonds is 12. The molecule has 0 unspecified atom stereocenters. The lowest BCUT2D eigenvalue weighted by atomic mass is 10.0. The molecular weight excluding hydrogens is 693 g/mol. The predicted octanol–water partition coefficient (Wildman–Crippen LogP) is 6.19. The largest absolute Gasteiger partial charge is 0.495 e. The van der Waals surface area contributed by atoms with Gasteiger partial charge in [0, 0.05) is 41.0 Å². The highest BCUT2D eigenvalue weighted by atomic mass is 35.5. The number of ether oxygens (including phenoxy) is 2. The fourth-order valence-electron chi connectivity index (χ4n) is 4.84. The number of nitrogens with zero attached hydrogens (tertiary/aromatic N) is 3.